The van der Waals surface area contributed by atoms with Crippen LogP contribution in [0.25, 0.3) is 17.0 Å². The smallest absolute Gasteiger partial charge is 0.256 e. The summed E-state index contributed by atoms with van der Waals surface area (Å²) in [5.74, 6) is 0.673. The maximum Gasteiger partial charge on any atom is 0.256 e. The van der Waals surface area contributed by atoms with Gasteiger partial charge in [-0.25, -0.2) is 14.1 Å². The van der Waals surface area contributed by atoms with E-state index in [0.717, 1.165) is 28.3 Å². The molecule has 0 fully saturated rings. The average molecular weight is 437 g/mol. The molecule has 0 bridgehead atoms. The molecular formula is C23H21FN4O2S. The monoisotopic (exact) mass is 436 g/mol. The number of nitrogens with zero attached hydrogens (tertiary/aromatic N) is 3. The zero-order valence-corrected chi connectivity index (χ0v) is 17.9. The maximum atomic E-state index is 13.1. The molecule has 0 aliphatic heterocycles. The normalized spacial score (nSPS) is 10.9. The van der Waals surface area contributed by atoms with Crippen molar-refractivity contribution < 1.29 is 13.6 Å². The van der Waals surface area contributed by atoms with Crippen LogP contribution in [0.2, 0.25) is 0 Å². The van der Waals surface area contributed by atoms with Gasteiger partial charge in [-0.3, -0.25) is 4.79 Å². The average Bonchev–Trinajstić information content (AvgIpc) is 3.35. The topological polar surface area (TPSA) is 73.0 Å². The van der Waals surface area contributed by atoms with Crippen molar-refractivity contribution in [3.8, 4) is 17.0 Å². The summed E-state index contributed by atoms with van der Waals surface area (Å²) in [5.41, 5.74) is 4.06. The standard InChI is InChI=1S/C23H21FN4O2S/c1-15-22(16(2)28(27-15)19-6-4-3-5-7-19)26-21(29)12-13-31-23-25-14-20(30-23)17-8-10-18(24)11-9-17/h3-11,14H,12-13H2,1-2H3,(H,26,29). The number of para-hydroxylation sites is 1. The van der Waals surface area contributed by atoms with Gasteiger partial charge >= 0.3 is 0 Å². The molecular weight excluding hydrogens is 415 g/mol. The van der Waals surface area contributed by atoms with Crippen molar-refractivity contribution >= 4 is 23.4 Å². The van der Waals surface area contributed by atoms with Crippen LogP contribution < -0.4 is 5.32 Å². The fourth-order valence-corrected chi connectivity index (χ4v) is 3.89. The van der Waals surface area contributed by atoms with Crippen molar-refractivity contribution in [1.29, 1.82) is 0 Å². The van der Waals surface area contributed by atoms with Gasteiger partial charge < -0.3 is 9.73 Å². The van der Waals surface area contributed by atoms with E-state index in [9.17, 15) is 9.18 Å². The summed E-state index contributed by atoms with van der Waals surface area (Å²) >= 11 is 1.35. The first-order valence-electron chi connectivity index (χ1n) is 9.77. The number of carbonyl (C=O) groups excluding carboxylic acids is 1. The predicted octanol–water partition coefficient (Wildman–Crippen LogP) is 5.40. The number of aryl methyl sites for hydroxylation is 1. The van der Waals surface area contributed by atoms with Crippen LogP contribution in [-0.4, -0.2) is 26.4 Å². The molecule has 0 saturated heterocycles. The van der Waals surface area contributed by atoms with Crippen LogP contribution in [0, 0.1) is 19.7 Å². The molecule has 0 atom stereocenters. The van der Waals surface area contributed by atoms with E-state index in [4.69, 9.17) is 4.42 Å². The number of aromatic nitrogens is 3. The SMILES string of the molecule is Cc1nn(-c2ccccc2)c(C)c1NC(=O)CCSc1ncc(-c2ccc(F)cc2)o1. The van der Waals surface area contributed by atoms with Gasteiger partial charge in [0, 0.05) is 17.7 Å². The lowest BCUT2D eigenvalue weighted by atomic mass is 10.2. The van der Waals surface area contributed by atoms with E-state index in [0.29, 0.717) is 23.2 Å². The molecule has 0 radical (unpaired) electrons. The quantitative estimate of drug-likeness (QED) is 0.393. The zero-order valence-electron chi connectivity index (χ0n) is 17.1. The number of nitrogens with one attached hydrogen (secondary N) is 1. The molecule has 0 unspecified atom stereocenters. The highest BCUT2D eigenvalue weighted by atomic mass is 32.2. The molecule has 4 rings (SSSR count). The van der Waals surface area contributed by atoms with Crippen molar-refractivity contribution in [2.45, 2.75) is 25.5 Å². The number of benzene rings is 2. The second kappa shape index (κ2) is 9.18. The van der Waals surface area contributed by atoms with E-state index in [1.54, 1.807) is 18.3 Å². The second-order valence-corrected chi connectivity index (χ2v) is 7.98. The van der Waals surface area contributed by atoms with Gasteiger partial charge in [0.2, 0.25) is 5.91 Å². The van der Waals surface area contributed by atoms with Gasteiger partial charge in [-0.05, 0) is 50.2 Å². The van der Waals surface area contributed by atoms with Crippen LogP contribution >= 0.6 is 11.8 Å². The lowest BCUT2D eigenvalue weighted by molar-refractivity contribution is -0.115. The third-order valence-electron chi connectivity index (χ3n) is 4.72. The number of rotatable bonds is 7. The van der Waals surface area contributed by atoms with E-state index in [1.807, 2.05) is 48.9 Å². The summed E-state index contributed by atoms with van der Waals surface area (Å²) in [4.78, 5) is 16.7. The number of halogens is 1. The number of amides is 1. The summed E-state index contributed by atoms with van der Waals surface area (Å²) in [7, 11) is 0. The molecule has 0 aliphatic carbocycles. The van der Waals surface area contributed by atoms with Gasteiger partial charge in [-0.15, -0.1) is 0 Å². The number of anilines is 1. The summed E-state index contributed by atoms with van der Waals surface area (Å²) in [6, 6.07) is 15.8. The van der Waals surface area contributed by atoms with Gasteiger partial charge in [-0.1, -0.05) is 30.0 Å². The van der Waals surface area contributed by atoms with Crippen LogP contribution in [0.15, 0.2) is 70.4 Å². The molecule has 1 amide bonds. The first kappa shape index (κ1) is 20.9. The van der Waals surface area contributed by atoms with Crippen LogP contribution in [0.4, 0.5) is 10.1 Å². The zero-order chi connectivity index (χ0) is 21.8. The molecule has 0 saturated carbocycles. The molecule has 4 aromatic rings. The minimum atomic E-state index is -0.302. The molecule has 1 N–H and O–H groups in total. The van der Waals surface area contributed by atoms with Crippen LogP contribution in [0.5, 0.6) is 0 Å². The Labute approximate surface area is 183 Å². The highest BCUT2D eigenvalue weighted by molar-refractivity contribution is 7.99. The fraction of sp³-hybridized carbons (Fsp3) is 0.174. The van der Waals surface area contributed by atoms with Crippen molar-refractivity contribution in [1.82, 2.24) is 14.8 Å². The lowest BCUT2D eigenvalue weighted by Gasteiger charge is -2.07. The first-order chi connectivity index (χ1) is 15.0. The van der Waals surface area contributed by atoms with E-state index < -0.39 is 0 Å². The summed E-state index contributed by atoms with van der Waals surface area (Å²) in [6.45, 7) is 3.81. The van der Waals surface area contributed by atoms with Crippen LogP contribution in [0.1, 0.15) is 17.8 Å². The number of hydrogen-bond donors (Lipinski definition) is 1. The van der Waals surface area contributed by atoms with Gasteiger partial charge in [0.1, 0.15) is 5.82 Å². The predicted molar refractivity (Wildman–Crippen MR) is 119 cm³/mol. The number of oxazole rings is 1. The molecule has 31 heavy (non-hydrogen) atoms. The fourth-order valence-electron chi connectivity index (χ4n) is 3.15. The Morgan fingerprint density at radius 2 is 1.87 bits per heavy atom. The Balaban J connectivity index is 1.33. The highest BCUT2D eigenvalue weighted by Crippen LogP contribution is 2.27. The number of hydrogen-bond acceptors (Lipinski definition) is 5. The third-order valence-corrected chi connectivity index (χ3v) is 5.57. The molecule has 2 heterocycles. The van der Waals surface area contributed by atoms with Crippen LogP contribution in [0.3, 0.4) is 0 Å². The Morgan fingerprint density at radius 3 is 2.61 bits per heavy atom. The maximum absolute atomic E-state index is 13.1. The Kier molecular flexibility index (Phi) is 6.18. The van der Waals surface area contributed by atoms with Crippen molar-refractivity contribution in [2.75, 3.05) is 11.1 Å². The minimum Gasteiger partial charge on any atom is -0.431 e. The van der Waals surface area contributed by atoms with Gasteiger partial charge in [0.25, 0.3) is 5.22 Å². The molecule has 2 aromatic heterocycles. The van der Waals surface area contributed by atoms with Gasteiger partial charge in [0.15, 0.2) is 5.76 Å². The summed E-state index contributed by atoms with van der Waals surface area (Å²) in [6.07, 6.45) is 1.90. The number of carbonyl (C=O) groups is 1. The lowest BCUT2D eigenvalue weighted by Crippen LogP contribution is -2.13. The molecule has 158 valence electrons. The molecule has 0 spiro atoms. The highest BCUT2D eigenvalue weighted by Gasteiger charge is 2.15. The van der Waals surface area contributed by atoms with E-state index in [2.05, 4.69) is 15.4 Å². The minimum absolute atomic E-state index is 0.100. The second-order valence-electron chi connectivity index (χ2n) is 6.94. The Morgan fingerprint density at radius 1 is 1.13 bits per heavy atom. The van der Waals surface area contributed by atoms with E-state index in [-0.39, 0.29) is 11.7 Å². The molecule has 0 aliphatic rings. The number of thioether (sulfide) groups is 1. The van der Waals surface area contributed by atoms with E-state index in [1.165, 1.54) is 23.9 Å². The summed E-state index contributed by atoms with van der Waals surface area (Å²) < 4.78 is 20.6. The van der Waals surface area contributed by atoms with Gasteiger partial charge in [0.05, 0.1) is 29.0 Å². The van der Waals surface area contributed by atoms with Crippen molar-refractivity contribution in [3.63, 3.8) is 0 Å². The molecule has 6 nitrogen and oxygen atoms in total. The van der Waals surface area contributed by atoms with Crippen molar-refractivity contribution in [3.05, 3.63) is 78.0 Å². The molecule has 2 aromatic carbocycles. The largest absolute Gasteiger partial charge is 0.431 e. The first-order valence-corrected chi connectivity index (χ1v) is 10.8. The van der Waals surface area contributed by atoms with Gasteiger partial charge in [-0.2, -0.15) is 5.10 Å². The Bertz CT molecular complexity index is 1190. The van der Waals surface area contributed by atoms with Crippen LogP contribution in [-0.2, 0) is 4.79 Å². The van der Waals surface area contributed by atoms with E-state index >= 15 is 0 Å². The Hall–Kier alpha value is -3.39. The third kappa shape index (κ3) is 4.86. The summed E-state index contributed by atoms with van der Waals surface area (Å²) in [5, 5.41) is 7.98. The molecule has 8 heteroatoms. The van der Waals surface area contributed by atoms with Crippen molar-refractivity contribution in [2.24, 2.45) is 0 Å².